The van der Waals surface area contributed by atoms with Crippen LogP contribution >= 0.6 is 0 Å². The zero-order valence-electron chi connectivity index (χ0n) is 15.5. The number of fused-ring (bicyclic) bond motifs is 1. The molecule has 2 aromatic carbocycles. The van der Waals surface area contributed by atoms with Crippen LogP contribution < -0.4 is 15.4 Å². The lowest BCUT2D eigenvalue weighted by Crippen LogP contribution is -2.44. The molecule has 1 fully saturated rings. The third-order valence-corrected chi connectivity index (χ3v) is 5.22. The predicted octanol–water partition coefficient (Wildman–Crippen LogP) is 2.09. The maximum Gasteiger partial charge on any atom is 0.325 e. The monoisotopic (exact) mass is 379 g/mol. The molecular weight excluding hydrogens is 358 g/mol. The Morgan fingerprint density at radius 3 is 2.68 bits per heavy atom. The van der Waals surface area contributed by atoms with E-state index in [1.807, 2.05) is 30.3 Å². The fourth-order valence-corrected chi connectivity index (χ4v) is 3.68. The van der Waals surface area contributed by atoms with Crippen LogP contribution in [-0.2, 0) is 15.1 Å². The summed E-state index contributed by atoms with van der Waals surface area (Å²) in [6.45, 7) is 1.82. The van der Waals surface area contributed by atoms with E-state index in [9.17, 15) is 14.4 Å². The van der Waals surface area contributed by atoms with Gasteiger partial charge >= 0.3 is 6.03 Å². The van der Waals surface area contributed by atoms with Crippen molar-refractivity contribution >= 4 is 17.8 Å². The molecule has 2 atom stereocenters. The Bertz CT molecular complexity index is 930. The quantitative estimate of drug-likeness (QED) is 0.797. The Morgan fingerprint density at radius 2 is 1.89 bits per heavy atom. The number of rotatable bonds is 4. The van der Waals surface area contributed by atoms with Crippen molar-refractivity contribution < 1.29 is 19.1 Å². The standard InChI is InChI=1S/C21H21N3O4/c1-21(14-7-3-2-4-8-14)19(26)24(20(27)23-21)13-18(25)22-16-11-12-28-17-10-6-5-9-15(16)17/h2-10,16H,11-13H2,1H3,(H,22,25)(H,23,27). The van der Waals surface area contributed by atoms with Gasteiger partial charge in [-0.3, -0.25) is 14.5 Å². The lowest BCUT2D eigenvalue weighted by Gasteiger charge is -2.27. The zero-order valence-corrected chi connectivity index (χ0v) is 15.5. The van der Waals surface area contributed by atoms with E-state index in [0.29, 0.717) is 18.6 Å². The summed E-state index contributed by atoms with van der Waals surface area (Å²) in [5, 5.41) is 5.63. The van der Waals surface area contributed by atoms with Crippen LogP contribution in [0.3, 0.4) is 0 Å². The highest BCUT2D eigenvalue weighted by Crippen LogP contribution is 2.32. The Balaban J connectivity index is 1.47. The van der Waals surface area contributed by atoms with Crippen LogP contribution in [0.4, 0.5) is 4.79 Å². The van der Waals surface area contributed by atoms with E-state index in [-0.39, 0.29) is 18.5 Å². The molecule has 0 spiro atoms. The van der Waals surface area contributed by atoms with Gasteiger partial charge in [0.25, 0.3) is 5.91 Å². The van der Waals surface area contributed by atoms with Gasteiger partial charge in [-0.2, -0.15) is 0 Å². The topological polar surface area (TPSA) is 87.7 Å². The van der Waals surface area contributed by atoms with Crippen molar-refractivity contribution in [3.8, 4) is 5.75 Å². The van der Waals surface area contributed by atoms with Crippen LogP contribution in [-0.4, -0.2) is 35.9 Å². The average molecular weight is 379 g/mol. The molecule has 2 unspecified atom stereocenters. The molecule has 0 aliphatic carbocycles. The first-order chi connectivity index (χ1) is 13.5. The molecule has 2 aliphatic heterocycles. The second-order valence-electron chi connectivity index (χ2n) is 7.11. The summed E-state index contributed by atoms with van der Waals surface area (Å²) in [5.41, 5.74) is 0.396. The number of nitrogens with zero attached hydrogens (tertiary/aromatic N) is 1. The van der Waals surface area contributed by atoms with E-state index >= 15 is 0 Å². The molecule has 28 heavy (non-hydrogen) atoms. The van der Waals surface area contributed by atoms with Gasteiger partial charge in [0.2, 0.25) is 5.91 Å². The summed E-state index contributed by atoms with van der Waals surface area (Å²) in [4.78, 5) is 38.9. The third-order valence-electron chi connectivity index (χ3n) is 5.22. The number of benzene rings is 2. The summed E-state index contributed by atoms with van der Waals surface area (Å²) in [7, 11) is 0. The highest BCUT2D eigenvalue weighted by atomic mass is 16.5. The van der Waals surface area contributed by atoms with Crippen molar-refractivity contribution in [2.45, 2.75) is 24.9 Å². The van der Waals surface area contributed by atoms with Crippen LogP contribution in [0, 0.1) is 0 Å². The summed E-state index contributed by atoms with van der Waals surface area (Å²) < 4.78 is 5.60. The highest BCUT2D eigenvalue weighted by Gasteiger charge is 2.49. The number of amides is 4. The molecule has 144 valence electrons. The number of hydrogen-bond acceptors (Lipinski definition) is 4. The third kappa shape index (κ3) is 3.09. The highest BCUT2D eigenvalue weighted by molar-refractivity contribution is 6.09. The predicted molar refractivity (Wildman–Crippen MR) is 101 cm³/mol. The molecule has 4 amide bonds. The van der Waals surface area contributed by atoms with Crippen molar-refractivity contribution in [3.63, 3.8) is 0 Å². The first kappa shape index (κ1) is 18.0. The number of ether oxygens (including phenoxy) is 1. The molecule has 2 aromatic rings. The minimum Gasteiger partial charge on any atom is -0.493 e. The van der Waals surface area contributed by atoms with E-state index < -0.39 is 17.5 Å². The molecule has 0 aromatic heterocycles. The summed E-state index contributed by atoms with van der Waals surface area (Å²) in [6, 6.07) is 15.7. The first-order valence-electron chi connectivity index (χ1n) is 9.20. The summed E-state index contributed by atoms with van der Waals surface area (Å²) in [5.74, 6) is -0.0839. The van der Waals surface area contributed by atoms with Crippen molar-refractivity contribution in [1.82, 2.24) is 15.5 Å². The fraction of sp³-hybridized carbons (Fsp3) is 0.286. The van der Waals surface area contributed by atoms with Crippen LogP contribution in [0.2, 0.25) is 0 Å². The van der Waals surface area contributed by atoms with Crippen molar-refractivity contribution in [3.05, 3.63) is 65.7 Å². The smallest absolute Gasteiger partial charge is 0.325 e. The number of hydrogen-bond donors (Lipinski definition) is 2. The van der Waals surface area contributed by atoms with Gasteiger partial charge in [0, 0.05) is 12.0 Å². The number of carbonyl (C=O) groups excluding carboxylic acids is 3. The molecule has 0 radical (unpaired) electrons. The number of urea groups is 1. The maximum atomic E-state index is 12.9. The average Bonchev–Trinajstić information content (AvgIpc) is 2.93. The van der Waals surface area contributed by atoms with E-state index in [0.717, 1.165) is 16.2 Å². The van der Waals surface area contributed by atoms with Crippen LogP contribution in [0.1, 0.15) is 30.5 Å². The molecule has 7 nitrogen and oxygen atoms in total. The van der Waals surface area contributed by atoms with E-state index in [1.165, 1.54) is 0 Å². The van der Waals surface area contributed by atoms with Crippen molar-refractivity contribution in [2.24, 2.45) is 0 Å². The van der Waals surface area contributed by atoms with E-state index in [1.54, 1.807) is 31.2 Å². The van der Waals surface area contributed by atoms with Gasteiger partial charge in [-0.05, 0) is 18.6 Å². The van der Waals surface area contributed by atoms with Gasteiger partial charge in [0.05, 0.1) is 12.6 Å². The minimum atomic E-state index is -1.18. The van der Waals surface area contributed by atoms with Gasteiger partial charge in [-0.15, -0.1) is 0 Å². The minimum absolute atomic E-state index is 0.210. The van der Waals surface area contributed by atoms with Gasteiger partial charge in [-0.25, -0.2) is 4.79 Å². The van der Waals surface area contributed by atoms with Gasteiger partial charge < -0.3 is 15.4 Å². The van der Waals surface area contributed by atoms with Crippen LogP contribution in [0.15, 0.2) is 54.6 Å². The Hall–Kier alpha value is -3.35. The number of para-hydroxylation sites is 1. The molecule has 4 rings (SSSR count). The first-order valence-corrected chi connectivity index (χ1v) is 9.20. The molecule has 0 saturated carbocycles. The number of carbonyl (C=O) groups is 3. The van der Waals surface area contributed by atoms with Crippen molar-refractivity contribution in [2.75, 3.05) is 13.2 Å². The van der Waals surface area contributed by atoms with Gasteiger partial charge in [0.15, 0.2) is 0 Å². The SMILES string of the molecule is CC1(c2ccccc2)NC(=O)N(CC(=O)NC2CCOc3ccccc32)C1=O. The Labute approximate surface area is 162 Å². The largest absolute Gasteiger partial charge is 0.493 e. The van der Waals surface area contributed by atoms with Crippen LogP contribution in [0.5, 0.6) is 5.75 Å². The molecule has 2 N–H and O–H groups in total. The van der Waals surface area contributed by atoms with Gasteiger partial charge in [0.1, 0.15) is 17.8 Å². The second kappa shape index (κ2) is 6.99. The number of nitrogens with one attached hydrogen (secondary N) is 2. The fourth-order valence-electron chi connectivity index (χ4n) is 3.68. The number of imide groups is 1. The lowest BCUT2D eigenvalue weighted by molar-refractivity contribution is -0.135. The molecule has 0 bridgehead atoms. The maximum absolute atomic E-state index is 12.9. The van der Waals surface area contributed by atoms with Gasteiger partial charge in [-0.1, -0.05) is 48.5 Å². The van der Waals surface area contributed by atoms with E-state index in [2.05, 4.69) is 10.6 Å². The lowest BCUT2D eigenvalue weighted by atomic mass is 9.92. The molecule has 2 aliphatic rings. The molecule has 1 saturated heterocycles. The normalized spacial score (nSPS) is 23.6. The van der Waals surface area contributed by atoms with Crippen molar-refractivity contribution in [1.29, 1.82) is 0 Å². The Morgan fingerprint density at radius 1 is 1.18 bits per heavy atom. The molecule has 2 heterocycles. The molecular formula is C21H21N3O4. The summed E-state index contributed by atoms with van der Waals surface area (Å²) in [6.07, 6.45) is 0.630. The zero-order chi connectivity index (χ0) is 19.7. The molecule has 7 heteroatoms. The Kier molecular flexibility index (Phi) is 4.50. The summed E-state index contributed by atoms with van der Waals surface area (Å²) >= 11 is 0. The van der Waals surface area contributed by atoms with E-state index in [4.69, 9.17) is 4.74 Å². The second-order valence-corrected chi connectivity index (χ2v) is 7.11. The van der Waals surface area contributed by atoms with Crippen LogP contribution in [0.25, 0.3) is 0 Å².